The molecule has 3 N–H and O–H groups in total. The molecule has 1 saturated heterocycles. The molecular formula is C30H41N5O3. The Morgan fingerprint density at radius 2 is 1.61 bits per heavy atom. The fourth-order valence-corrected chi connectivity index (χ4v) is 5.56. The SMILES string of the molecule is CC(=O)N1c2ccc(-c3ccc(C(=O)NCCCCCN4CCN(CC(N)=O)CC4)cc3)cc2CC[C@@H]1C. The molecule has 1 fully saturated rings. The van der Waals surface area contributed by atoms with Gasteiger partial charge in [0.05, 0.1) is 6.54 Å². The van der Waals surface area contributed by atoms with Crippen LogP contribution in [0.5, 0.6) is 0 Å². The first kappa shape index (κ1) is 27.8. The largest absolute Gasteiger partial charge is 0.369 e. The number of fused-ring (bicyclic) bond motifs is 1. The van der Waals surface area contributed by atoms with Crippen LogP contribution in [0.3, 0.4) is 0 Å². The summed E-state index contributed by atoms with van der Waals surface area (Å²) in [4.78, 5) is 42.2. The van der Waals surface area contributed by atoms with Crippen LogP contribution >= 0.6 is 0 Å². The van der Waals surface area contributed by atoms with E-state index in [4.69, 9.17) is 5.73 Å². The van der Waals surface area contributed by atoms with E-state index in [1.165, 1.54) is 5.56 Å². The highest BCUT2D eigenvalue weighted by Gasteiger charge is 2.26. The van der Waals surface area contributed by atoms with Crippen molar-refractivity contribution in [3.05, 3.63) is 53.6 Å². The van der Waals surface area contributed by atoms with Crippen LogP contribution in [0, 0.1) is 0 Å². The number of unbranched alkanes of at least 4 members (excludes halogenated alkanes) is 2. The number of carbonyl (C=O) groups excluding carboxylic acids is 3. The first-order valence-electron chi connectivity index (χ1n) is 13.9. The molecule has 2 aromatic rings. The number of hydrogen-bond acceptors (Lipinski definition) is 5. The first-order chi connectivity index (χ1) is 18.3. The predicted molar refractivity (Wildman–Crippen MR) is 151 cm³/mol. The summed E-state index contributed by atoms with van der Waals surface area (Å²) < 4.78 is 0. The van der Waals surface area contributed by atoms with Gasteiger partial charge in [-0.1, -0.05) is 24.6 Å². The van der Waals surface area contributed by atoms with Crippen molar-refractivity contribution in [3.63, 3.8) is 0 Å². The number of benzene rings is 2. The standard InChI is InChI=1S/C30H41N5O3/c1-22-6-7-27-20-26(12-13-28(27)35(22)23(2)36)24-8-10-25(11-9-24)30(38)32-14-4-3-5-15-33-16-18-34(19-17-33)21-29(31)37/h8-13,20,22H,3-7,14-19,21H2,1-2H3,(H2,31,37)(H,32,38)/t22-/m0/s1. The fraction of sp³-hybridized carbons (Fsp3) is 0.500. The number of anilines is 1. The molecule has 204 valence electrons. The Morgan fingerprint density at radius 1 is 0.921 bits per heavy atom. The summed E-state index contributed by atoms with van der Waals surface area (Å²) in [5.41, 5.74) is 10.3. The van der Waals surface area contributed by atoms with Crippen LogP contribution in [-0.2, 0) is 16.0 Å². The molecule has 2 aliphatic rings. The summed E-state index contributed by atoms with van der Waals surface area (Å²) in [6.07, 6.45) is 5.05. The van der Waals surface area contributed by atoms with Crippen molar-refractivity contribution >= 4 is 23.4 Å². The second-order valence-corrected chi connectivity index (χ2v) is 10.6. The molecule has 8 nitrogen and oxygen atoms in total. The third-order valence-electron chi connectivity index (χ3n) is 7.71. The quantitative estimate of drug-likeness (QED) is 0.470. The minimum absolute atomic E-state index is 0.0429. The molecular weight excluding hydrogens is 478 g/mol. The molecule has 2 aromatic carbocycles. The number of hydrogen-bond donors (Lipinski definition) is 2. The van der Waals surface area contributed by atoms with Gasteiger partial charge in [-0.05, 0) is 80.1 Å². The van der Waals surface area contributed by atoms with Gasteiger partial charge in [0.15, 0.2) is 0 Å². The number of nitrogens with two attached hydrogens (primary N) is 1. The number of rotatable bonds is 10. The minimum Gasteiger partial charge on any atom is -0.369 e. The van der Waals surface area contributed by atoms with E-state index in [-0.39, 0.29) is 23.8 Å². The van der Waals surface area contributed by atoms with Crippen LogP contribution < -0.4 is 16.0 Å². The molecule has 0 radical (unpaired) electrons. The van der Waals surface area contributed by atoms with Crippen molar-refractivity contribution < 1.29 is 14.4 Å². The number of aryl methyl sites for hydroxylation is 1. The van der Waals surface area contributed by atoms with E-state index in [9.17, 15) is 14.4 Å². The van der Waals surface area contributed by atoms with E-state index in [0.29, 0.717) is 18.7 Å². The zero-order valence-electron chi connectivity index (χ0n) is 22.7. The van der Waals surface area contributed by atoms with E-state index in [1.54, 1.807) is 6.92 Å². The molecule has 0 aliphatic carbocycles. The number of nitrogens with zero attached hydrogens (tertiary/aromatic N) is 3. The number of nitrogens with one attached hydrogen (secondary N) is 1. The lowest BCUT2D eigenvalue weighted by Gasteiger charge is -2.34. The molecule has 0 unspecified atom stereocenters. The van der Waals surface area contributed by atoms with Crippen LogP contribution in [0.1, 0.15) is 55.5 Å². The van der Waals surface area contributed by atoms with Gasteiger partial charge in [0.1, 0.15) is 0 Å². The summed E-state index contributed by atoms with van der Waals surface area (Å²) in [7, 11) is 0. The maximum absolute atomic E-state index is 12.6. The summed E-state index contributed by atoms with van der Waals surface area (Å²) in [5.74, 6) is -0.221. The molecule has 3 amide bonds. The van der Waals surface area contributed by atoms with E-state index >= 15 is 0 Å². The summed E-state index contributed by atoms with van der Waals surface area (Å²) >= 11 is 0. The molecule has 0 saturated carbocycles. The summed E-state index contributed by atoms with van der Waals surface area (Å²) in [6, 6.07) is 14.3. The van der Waals surface area contributed by atoms with Crippen molar-refractivity contribution in [1.29, 1.82) is 0 Å². The fourth-order valence-electron chi connectivity index (χ4n) is 5.56. The Morgan fingerprint density at radius 3 is 2.29 bits per heavy atom. The lowest BCUT2D eigenvalue weighted by atomic mass is 9.93. The van der Waals surface area contributed by atoms with Gasteiger partial charge >= 0.3 is 0 Å². The first-order valence-corrected chi connectivity index (χ1v) is 13.9. The Hall–Kier alpha value is -3.23. The maximum atomic E-state index is 12.6. The summed E-state index contributed by atoms with van der Waals surface area (Å²) in [6.45, 7) is 9.53. The lowest BCUT2D eigenvalue weighted by Crippen LogP contribution is -2.48. The van der Waals surface area contributed by atoms with Gasteiger partial charge in [-0.15, -0.1) is 0 Å². The van der Waals surface area contributed by atoms with Crippen LogP contribution in [0.4, 0.5) is 5.69 Å². The maximum Gasteiger partial charge on any atom is 0.251 e. The average Bonchev–Trinajstić information content (AvgIpc) is 2.90. The molecule has 8 heteroatoms. The Kier molecular flexibility index (Phi) is 9.53. The second kappa shape index (κ2) is 13.0. The monoisotopic (exact) mass is 519 g/mol. The van der Waals surface area contributed by atoms with Crippen LogP contribution in [0.15, 0.2) is 42.5 Å². The Balaban J connectivity index is 1.18. The zero-order valence-corrected chi connectivity index (χ0v) is 22.7. The van der Waals surface area contributed by atoms with Gasteiger partial charge in [-0.25, -0.2) is 0 Å². The average molecular weight is 520 g/mol. The Bertz CT molecular complexity index is 1130. The molecule has 0 bridgehead atoms. The smallest absolute Gasteiger partial charge is 0.251 e. The topological polar surface area (TPSA) is 99.0 Å². The third kappa shape index (κ3) is 7.20. The molecule has 38 heavy (non-hydrogen) atoms. The second-order valence-electron chi connectivity index (χ2n) is 10.6. The van der Waals surface area contributed by atoms with Gasteiger partial charge in [-0.2, -0.15) is 0 Å². The van der Waals surface area contributed by atoms with E-state index < -0.39 is 0 Å². The molecule has 0 aromatic heterocycles. The highest BCUT2D eigenvalue weighted by molar-refractivity contribution is 5.95. The van der Waals surface area contributed by atoms with Crippen molar-refractivity contribution in [3.8, 4) is 11.1 Å². The van der Waals surface area contributed by atoms with Crippen molar-refractivity contribution in [2.24, 2.45) is 5.73 Å². The van der Waals surface area contributed by atoms with Crippen molar-refractivity contribution in [1.82, 2.24) is 15.1 Å². The van der Waals surface area contributed by atoms with Gasteiger partial charge in [0, 0.05) is 56.9 Å². The minimum atomic E-state index is -0.260. The van der Waals surface area contributed by atoms with Gasteiger partial charge < -0.3 is 20.9 Å². The predicted octanol–water partition coefficient (Wildman–Crippen LogP) is 3.04. The summed E-state index contributed by atoms with van der Waals surface area (Å²) in [5, 5.41) is 3.04. The van der Waals surface area contributed by atoms with Crippen LogP contribution in [-0.4, -0.2) is 79.4 Å². The molecule has 0 spiro atoms. The van der Waals surface area contributed by atoms with E-state index in [0.717, 1.165) is 81.6 Å². The number of carbonyl (C=O) groups is 3. The van der Waals surface area contributed by atoms with Gasteiger partial charge in [0.2, 0.25) is 11.8 Å². The van der Waals surface area contributed by atoms with Gasteiger partial charge in [-0.3, -0.25) is 19.3 Å². The highest BCUT2D eigenvalue weighted by atomic mass is 16.2. The van der Waals surface area contributed by atoms with Crippen LogP contribution in [0.2, 0.25) is 0 Å². The van der Waals surface area contributed by atoms with Crippen LogP contribution in [0.25, 0.3) is 11.1 Å². The Labute approximate surface area is 226 Å². The molecule has 4 rings (SSSR count). The molecule has 1 atom stereocenters. The zero-order chi connectivity index (χ0) is 27.1. The van der Waals surface area contributed by atoms with Gasteiger partial charge in [0.25, 0.3) is 5.91 Å². The number of amides is 3. The number of piperazine rings is 1. The lowest BCUT2D eigenvalue weighted by molar-refractivity contribution is -0.119. The van der Waals surface area contributed by atoms with E-state index in [1.807, 2.05) is 35.2 Å². The van der Waals surface area contributed by atoms with Crippen molar-refractivity contribution in [2.45, 2.75) is 52.0 Å². The van der Waals surface area contributed by atoms with Crippen molar-refractivity contribution in [2.75, 3.05) is 50.7 Å². The molecule has 2 heterocycles. The molecule has 2 aliphatic heterocycles. The van der Waals surface area contributed by atoms with E-state index in [2.05, 4.69) is 34.2 Å². The highest BCUT2D eigenvalue weighted by Crippen LogP contribution is 2.34. The third-order valence-corrected chi connectivity index (χ3v) is 7.71. The normalized spacial score (nSPS) is 18.2. The number of primary amides is 1.